The number of nitrogens with zero attached hydrogens (tertiary/aromatic N) is 4. The molecule has 2 N–H and O–H groups in total. The standard InChI is InChI=1S/C18H21N5O3/c24-17(7-9-19-15-5-3-4-14(21-15)18(25)26)23-12-10-22(11-13-23)16-6-1-2-8-20-16/h1-6,8H,7,9-13H2,(H,19,21)(H,25,26). The van der Waals surface area contributed by atoms with Crippen molar-refractivity contribution in [2.45, 2.75) is 6.42 Å². The predicted molar refractivity (Wildman–Crippen MR) is 97.3 cm³/mol. The average Bonchev–Trinajstić information content (AvgIpc) is 2.69. The van der Waals surface area contributed by atoms with Crippen LogP contribution in [0.2, 0.25) is 0 Å². The number of rotatable bonds is 6. The van der Waals surface area contributed by atoms with E-state index >= 15 is 0 Å². The molecule has 3 rings (SSSR count). The maximum atomic E-state index is 12.3. The highest BCUT2D eigenvalue weighted by atomic mass is 16.4. The van der Waals surface area contributed by atoms with E-state index in [0.29, 0.717) is 31.9 Å². The van der Waals surface area contributed by atoms with Gasteiger partial charge in [-0.15, -0.1) is 0 Å². The second-order valence-corrected chi connectivity index (χ2v) is 5.95. The molecule has 0 unspecified atom stereocenters. The van der Waals surface area contributed by atoms with E-state index in [1.54, 1.807) is 18.3 Å². The van der Waals surface area contributed by atoms with Crippen molar-refractivity contribution >= 4 is 23.5 Å². The number of carbonyl (C=O) groups is 2. The third-order valence-corrected chi connectivity index (χ3v) is 4.22. The van der Waals surface area contributed by atoms with Crippen LogP contribution in [-0.4, -0.2) is 64.6 Å². The van der Waals surface area contributed by atoms with Crippen molar-refractivity contribution in [2.75, 3.05) is 42.9 Å². The molecular weight excluding hydrogens is 334 g/mol. The third-order valence-electron chi connectivity index (χ3n) is 4.22. The van der Waals surface area contributed by atoms with Gasteiger partial charge >= 0.3 is 5.97 Å². The molecule has 0 saturated carbocycles. The maximum Gasteiger partial charge on any atom is 0.354 e. The van der Waals surface area contributed by atoms with Crippen LogP contribution in [0.3, 0.4) is 0 Å². The summed E-state index contributed by atoms with van der Waals surface area (Å²) in [7, 11) is 0. The molecule has 1 saturated heterocycles. The quantitative estimate of drug-likeness (QED) is 0.806. The Hall–Kier alpha value is -3.16. The number of carboxylic acids is 1. The highest BCUT2D eigenvalue weighted by molar-refractivity contribution is 5.85. The highest BCUT2D eigenvalue weighted by Gasteiger charge is 2.21. The van der Waals surface area contributed by atoms with Gasteiger partial charge in [0.15, 0.2) is 5.69 Å². The molecule has 0 aliphatic carbocycles. The van der Waals surface area contributed by atoms with Crippen LogP contribution < -0.4 is 10.2 Å². The second-order valence-electron chi connectivity index (χ2n) is 5.95. The summed E-state index contributed by atoms with van der Waals surface area (Å²) in [5.74, 6) is 0.395. The van der Waals surface area contributed by atoms with E-state index in [9.17, 15) is 9.59 Å². The average molecular weight is 355 g/mol. The summed E-state index contributed by atoms with van der Waals surface area (Å²) >= 11 is 0. The Labute approximate surface area is 151 Å². The fourth-order valence-corrected chi connectivity index (χ4v) is 2.83. The summed E-state index contributed by atoms with van der Waals surface area (Å²) in [5.41, 5.74) is -0.0213. The summed E-state index contributed by atoms with van der Waals surface area (Å²) in [6, 6.07) is 10.6. The van der Waals surface area contributed by atoms with Crippen molar-refractivity contribution in [3.05, 3.63) is 48.3 Å². The molecule has 0 atom stereocenters. The Bertz CT molecular complexity index is 760. The number of aromatic carboxylic acids is 1. The predicted octanol–water partition coefficient (Wildman–Crippen LogP) is 1.33. The molecule has 1 aliphatic rings. The van der Waals surface area contributed by atoms with Gasteiger partial charge in [0.25, 0.3) is 0 Å². The Morgan fingerprint density at radius 1 is 1.08 bits per heavy atom. The van der Waals surface area contributed by atoms with Crippen LogP contribution >= 0.6 is 0 Å². The summed E-state index contributed by atoms with van der Waals surface area (Å²) in [6.07, 6.45) is 2.11. The Morgan fingerprint density at radius 3 is 2.58 bits per heavy atom. The highest BCUT2D eigenvalue weighted by Crippen LogP contribution is 2.13. The lowest BCUT2D eigenvalue weighted by molar-refractivity contribution is -0.131. The number of carbonyl (C=O) groups excluding carboxylic acids is 1. The van der Waals surface area contributed by atoms with Crippen LogP contribution in [0.15, 0.2) is 42.6 Å². The fraction of sp³-hybridized carbons (Fsp3) is 0.333. The monoisotopic (exact) mass is 355 g/mol. The molecule has 0 radical (unpaired) electrons. The molecule has 2 aromatic heterocycles. The molecule has 0 aromatic carbocycles. The normalized spacial score (nSPS) is 14.2. The van der Waals surface area contributed by atoms with E-state index in [-0.39, 0.29) is 11.6 Å². The molecule has 1 aliphatic heterocycles. The lowest BCUT2D eigenvalue weighted by atomic mass is 10.2. The van der Waals surface area contributed by atoms with Crippen molar-refractivity contribution < 1.29 is 14.7 Å². The summed E-state index contributed by atoms with van der Waals surface area (Å²) in [6.45, 7) is 3.27. The van der Waals surface area contributed by atoms with Gasteiger partial charge in [-0.1, -0.05) is 12.1 Å². The molecule has 1 fully saturated rings. The maximum absolute atomic E-state index is 12.3. The molecule has 0 bridgehead atoms. The summed E-state index contributed by atoms with van der Waals surface area (Å²) in [5, 5.41) is 11.9. The van der Waals surface area contributed by atoms with Crippen LogP contribution in [0, 0.1) is 0 Å². The van der Waals surface area contributed by atoms with E-state index in [4.69, 9.17) is 5.11 Å². The molecule has 136 valence electrons. The molecule has 8 nitrogen and oxygen atoms in total. The first-order valence-electron chi connectivity index (χ1n) is 8.51. The number of anilines is 2. The van der Waals surface area contributed by atoms with Gasteiger partial charge in [-0.3, -0.25) is 4.79 Å². The van der Waals surface area contributed by atoms with Crippen molar-refractivity contribution in [3.63, 3.8) is 0 Å². The van der Waals surface area contributed by atoms with Gasteiger partial charge in [0.05, 0.1) is 0 Å². The first kappa shape index (κ1) is 17.7. The second kappa shape index (κ2) is 8.28. The van der Waals surface area contributed by atoms with Crippen molar-refractivity contribution in [1.29, 1.82) is 0 Å². The van der Waals surface area contributed by atoms with Crippen LogP contribution in [0.1, 0.15) is 16.9 Å². The topological polar surface area (TPSA) is 98.7 Å². The summed E-state index contributed by atoms with van der Waals surface area (Å²) in [4.78, 5) is 35.6. The smallest absolute Gasteiger partial charge is 0.354 e. The first-order valence-corrected chi connectivity index (χ1v) is 8.51. The minimum absolute atomic E-state index is 0.0213. The van der Waals surface area contributed by atoms with E-state index in [1.165, 1.54) is 6.07 Å². The molecular formula is C18H21N5O3. The van der Waals surface area contributed by atoms with Crippen LogP contribution in [0.4, 0.5) is 11.6 Å². The van der Waals surface area contributed by atoms with Crippen LogP contribution in [0.5, 0.6) is 0 Å². The van der Waals surface area contributed by atoms with Gasteiger partial charge < -0.3 is 20.2 Å². The zero-order valence-corrected chi connectivity index (χ0v) is 14.3. The Balaban J connectivity index is 1.43. The van der Waals surface area contributed by atoms with E-state index in [2.05, 4.69) is 20.2 Å². The largest absolute Gasteiger partial charge is 0.477 e. The lowest BCUT2D eigenvalue weighted by Crippen LogP contribution is -2.49. The van der Waals surface area contributed by atoms with E-state index in [1.807, 2.05) is 23.1 Å². The minimum atomic E-state index is -1.07. The lowest BCUT2D eigenvalue weighted by Gasteiger charge is -2.35. The molecule has 3 heterocycles. The fourth-order valence-electron chi connectivity index (χ4n) is 2.83. The number of amides is 1. The zero-order valence-electron chi connectivity index (χ0n) is 14.3. The number of piperazine rings is 1. The van der Waals surface area contributed by atoms with Crippen molar-refractivity contribution in [3.8, 4) is 0 Å². The Morgan fingerprint density at radius 2 is 1.88 bits per heavy atom. The SMILES string of the molecule is O=C(O)c1cccc(NCCC(=O)N2CCN(c3ccccn3)CC2)n1. The number of hydrogen-bond acceptors (Lipinski definition) is 6. The van der Waals surface area contributed by atoms with Gasteiger partial charge in [0, 0.05) is 45.3 Å². The van der Waals surface area contributed by atoms with Crippen LogP contribution in [-0.2, 0) is 4.79 Å². The van der Waals surface area contributed by atoms with Crippen molar-refractivity contribution in [2.24, 2.45) is 0 Å². The number of hydrogen-bond donors (Lipinski definition) is 2. The van der Waals surface area contributed by atoms with E-state index < -0.39 is 5.97 Å². The third kappa shape index (κ3) is 4.47. The number of aromatic nitrogens is 2. The van der Waals surface area contributed by atoms with E-state index in [0.717, 1.165) is 18.9 Å². The Kier molecular flexibility index (Phi) is 5.62. The minimum Gasteiger partial charge on any atom is -0.477 e. The van der Waals surface area contributed by atoms with Gasteiger partial charge in [0.1, 0.15) is 11.6 Å². The van der Waals surface area contributed by atoms with Crippen molar-refractivity contribution in [1.82, 2.24) is 14.9 Å². The van der Waals surface area contributed by atoms with Crippen LogP contribution in [0.25, 0.3) is 0 Å². The summed E-state index contributed by atoms with van der Waals surface area (Å²) < 4.78 is 0. The molecule has 8 heteroatoms. The number of nitrogens with one attached hydrogen (secondary N) is 1. The van der Waals surface area contributed by atoms with Gasteiger partial charge in [-0.05, 0) is 24.3 Å². The zero-order chi connectivity index (χ0) is 18.4. The molecule has 26 heavy (non-hydrogen) atoms. The first-order chi connectivity index (χ1) is 12.6. The van der Waals surface area contributed by atoms with Gasteiger partial charge in [0.2, 0.25) is 5.91 Å². The molecule has 1 amide bonds. The molecule has 0 spiro atoms. The number of carboxylic acid groups (broad SMARTS) is 1. The van der Waals surface area contributed by atoms with Gasteiger partial charge in [-0.25, -0.2) is 14.8 Å². The number of pyridine rings is 2. The van der Waals surface area contributed by atoms with Gasteiger partial charge in [-0.2, -0.15) is 0 Å². The molecule has 2 aromatic rings.